The van der Waals surface area contributed by atoms with Crippen LogP contribution in [-0.2, 0) is 15.3 Å². The summed E-state index contributed by atoms with van der Waals surface area (Å²) in [7, 11) is -1.94. The molecule has 0 aliphatic carbocycles. The van der Waals surface area contributed by atoms with Crippen LogP contribution in [0.3, 0.4) is 0 Å². The van der Waals surface area contributed by atoms with Gasteiger partial charge in [0.05, 0.1) is 0 Å². The second-order valence-corrected chi connectivity index (χ2v) is 7.95. The van der Waals surface area contributed by atoms with E-state index in [4.69, 9.17) is 8.85 Å². The molecule has 0 aromatic carbocycles. The average Bonchev–Trinajstić information content (AvgIpc) is 2.40. The highest BCUT2D eigenvalue weighted by Crippen LogP contribution is 2.22. The lowest BCUT2D eigenvalue weighted by atomic mass is 10.2. The number of pyridine rings is 1. The van der Waals surface area contributed by atoms with E-state index >= 15 is 0 Å². The molecule has 1 aromatic rings. The number of hydrogen-bond donors (Lipinski definition) is 0. The molecule has 0 atom stereocenters. The summed E-state index contributed by atoms with van der Waals surface area (Å²) in [5, 5.41) is 0. The van der Waals surface area contributed by atoms with E-state index in [1.807, 2.05) is 12.4 Å². The van der Waals surface area contributed by atoms with Crippen LogP contribution in [0.2, 0.25) is 12.1 Å². The summed E-state index contributed by atoms with van der Waals surface area (Å²) < 4.78 is 11.9. The van der Waals surface area contributed by atoms with Crippen molar-refractivity contribution in [2.45, 2.75) is 45.7 Å². The van der Waals surface area contributed by atoms with E-state index in [1.54, 1.807) is 0 Å². The summed E-state index contributed by atoms with van der Waals surface area (Å²) in [6.45, 7) is 7.81. The molecule has 0 N–H and O–H groups in total. The third-order valence-electron chi connectivity index (χ3n) is 3.13. The fourth-order valence-electron chi connectivity index (χ4n) is 2.20. The third-order valence-corrected chi connectivity index (χ3v) is 6.95. The summed E-state index contributed by atoms with van der Waals surface area (Å²) in [4.78, 5) is 4.04. The second kappa shape index (κ2) is 8.40. The molecule has 1 aromatic heterocycles. The van der Waals surface area contributed by atoms with Crippen molar-refractivity contribution < 1.29 is 8.85 Å². The van der Waals surface area contributed by atoms with E-state index in [9.17, 15) is 0 Å². The van der Waals surface area contributed by atoms with Crippen LogP contribution in [0.5, 0.6) is 0 Å². The Morgan fingerprint density at radius 1 is 1.06 bits per heavy atom. The molecule has 0 amide bonds. The number of aryl methyl sites for hydroxylation is 1. The molecule has 18 heavy (non-hydrogen) atoms. The molecular weight excluding hydrogens is 242 g/mol. The summed E-state index contributed by atoms with van der Waals surface area (Å²) in [5.41, 5.74) is 1.34. The Hall–Kier alpha value is -0.713. The standard InChI is InChI=1S/C14H25NO2Si/c1-4-16-18(6-3,17-5-2)13-7-8-14-9-11-15-12-10-14/h9-12H,4-8,13H2,1-3H3. The van der Waals surface area contributed by atoms with Gasteiger partial charge < -0.3 is 8.85 Å². The molecule has 1 rings (SSSR count). The Morgan fingerprint density at radius 2 is 1.67 bits per heavy atom. The highest BCUT2D eigenvalue weighted by Gasteiger charge is 2.34. The van der Waals surface area contributed by atoms with Gasteiger partial charge >= 0.3 is 8.56 Å². The Bertz CT molecular complexity index is 313. The molecule has 1 heterocycles. The molecule has 0 radical (unpaired) electrons. The molecular formula is C14H25NO2Si. The van der Waals surface area contributed by atoms with Gasteiger partial charge in [-0.15, -0.1) is 0 Å². The maximum atomic E-state index is 5.96. The molecule has 0 fully saturated rings. The fraction of sp³-hybridized carbons (Fsp3) is 0.643. The van der Waals surface area contributed by atoms with Gasteiger partial charge in [0.25, 0.3) is 0 Å². The van der Waals surface area contributed by atoms with Gasteiger partial charge in [-0.1, -0.05) is 6.92 Å². The van der Waals surface area contributed by atoms with E-state index in [0.717, 1.165) is 38.1 Å². The number of aromatic nitrogens is 1. The van der Waals surface area contributed by atoms with Crippen LogP contribution < -0.4 is 0 Å². The maximum absolute atomic E-state index is 5.96. The zero-order chi connectivity index (χ0) is 13.3. The largest absolute Gasteiger partial charge is 0.394 e. The zero-order valence-corrected chi connectivity index (χ0v) is 12.8. The van der Waals surface area contributed by atoms with Crippen molar-refractivity contribution in [1.82, 2.24) is 4.98 Å². The lowest BCUT2D eigenvalue weighted by Crippen LogP contribution is -2.41. The van der Waals surface area contributed by atoms with Crippen LogP contribution >= 0.6 is 0 Å². The topological polar surface area (TPSA) is 31.4 Å². The van der Waals surface area contributed by atoms with Crippen molar-refractivity contribution in [3.8, 4) is 0 Å². The van der Waals surface area contributed by atoms with E-state index in [-0.39, 0.29) is 0 Å². The summed E-state index contributed by atoms with van der Waals surface area (Å²) >= 11 is 0. The normalized spacial score (nSPS) is 11.7. The van der Waals surface area contributed by atoms with Crippen molar-refractivity contribution in [2.75, 3.05) is 13.2 Å². The van der Waals surface area contributed by atoms with E-state index in [2.05, 4.69) is 37.9 Å². The molecule has 4 heteroatoms. The second-order valence-electron chi connectivity index (χ2n) is 4.34. The van der Waals surface area contributed by atoms with E-state index < -0.39 is 8.56 Å². The summed E-state index contributed by atoms with van der Waals surface area (Å²) in [5.74, 6) is 0. The van der Waals surface area contributed by atoms with Crippen molar-refractivity contribution in [2.24, 2.45) is 0 Å². The van der Waals surface area contributed by atoms with Crippen LogP contribution in [-0.4, -0.2) is 26.8 Å². The lowest BCUT2D eigenvalue weighted by Gasteiger charge is -2.28. The number of rotatable bonds is 9. The fourth-order valence-corrected chi connectivity index (χ4v) is 5.11. The zero-order valence-electron chi connectivity index (χ0n) is 11.8. The van der Waals surface area contributed by atoms with Gasteiger partial charge in [0.1, 0.15) is 0 Å². The van der Waals surface area contributed by atoms with Crippen LogP contribution in [0.1, 0.15) is 32.8 Å². The molecule has 0 aliphatic heterocycles. The Morgan fingerprint density at radius 3 is 2.17 bits per heavy atom. The first kappa shape index (κ1) is 15.3. The average molecular weight is 267 g/mol. The Balaban J connectivity index is 2.46. The number of nitrogens with zero attached hydrogens (tertiary/aromatic N) is 1. The van der Waals surface area contributed by atoms with Gasteiger partial charge in [-0.3, -0.25) is 4.98 Å². The molecule has 102 valence electrons. The first-order valence-electron chi connectivity index (χ1n) is 6.93. The highest BCUT2D eigenvalue weighted by molar-refractivity contribution is 6.67. The summed E-state index contributed by atoms with van der Waals surface area (Å²) in [6, 6.07) is 6.27. The minimum absolute atomic E-state index is 0.759. The first-order chi connectivity index (χ1) is 8.76. The van der Waals surface area contributed by atoms with Crippen molar-refractivity contribution in [3.63, 3.8) is 0 Å². The Labute approximate surface area is 112 Å². The predicted molar refractivity (Wildman–Crippen MR) is 76.9 cm³/mol. The predicted octanol–water partition coefficient (Wildman–Crippen LogP) is 3.55. The smallest absolute Gasteiger partial charge is 0.337 e. The van der Waals surface area contributed by atoms with Gasteiger partial charge in [0, 0.05) is 25.6 Å². The summed E-state index contributed by atoms with van der Waals surface area (Å²) in [6.07, 6.45) is 5.91. The molecule has 0 bridgehead atoms. The van der Waals surface area contributed by atoms with Gasteiger partial charge in [-0.25, -0.2) is 0 Å². The lowest BCUT2D eigenvalue weighted by molar-refractivity contribution is 0.183. The van der Waals surface area contributed by atoms with Gasteiger partial charge in [0.2, 0.25) is 0 Å². The number of hydrogen-bond acceptors (Lipinski definition) is 3. The quantitative estimate of drug-likeness (QED) is 0.641. The van der Waals surface area contributed by atoms with E-state index in [0.29, 0.717) is 0 Å². The third kappa shape index (κ3) is 4.88. The molecule has 3 nitrogen and oxygen atoms in total. The van der Waals surface area contributed by atoms with Crippen LogP contribution in [0.15, 0.2) is 24.5 Å². The van der Waals surface area contributed by atoms with Crippen LogP contribution in [0, 0.1) is 0 Å². The molecule has 0 saturated heterocycles. The van der Waals surface area contributed by atoms with Crippen LogP contribution in [0.4, 0.5) is 0 Å². The first-order valence-corrected chi connectivity index (χ1v) is 9.16. The SMILES string of the molecule is CCO[Si](CC)(CCCc1ccncc1)OCC. The minimum atomic E-state index is -1.94. The van der Waals surface area contributed by atoms with Crippen LogP contribution in [0.25, 0.3) is 0 Å². The van der Waals surface area contributed by atoms with Crippen molar-refractivity contribution >= 4 is 8.56 Å². The van der Waals surface area contributed by atoms with Crippen molar-refractivity contribution in [3.05, 3.63) is 30.1 Å². The van der Waals surface area contributed by atoms with E-state index in [1.165, 1.54) is 5.56 Å². The van der Waals surface area contributed by atoms with Gasteiger partial charge in [-0.2, -0.15) is 0 Å². The van der Waals surface area contributed by atoms with Gasteiger partial charge in [-0.05, 0) is 56.5 Å². The minimum Gasteiger partial charge on any atom is -0.394 e. The molecule has 0 unspecified atom stereocenters. The van der Waals surface area contributed by atoms with Crippen molar-refractivity contribution in [1.29, 1.82) is 0 Å². The molecule has 0 saturated carbocycles. The maximum Gasteiger partial charge on any atom is 0.337 e. The highest BCUT2D eigenvalue weighted by atomic mass is 28.4. The molecule has 0 spiro atoms. The van der Waals surface area contributed by atoms with Gasteiger partial charge in [0.15, 0.2) is 0 Å². The monoisotopic (exact) mass is 267 g/mol. The molecule has 0 aliphatic rings. The Kier molecular flexibility index (Phi) is 7.16.